The number of halogens is 3. The third-order valence-electron chi connectivity index (χ3n) is 2.20. The molecule has 0 amide bonds. The molecule has 0 bridgehead atoms. The van der Waals surface area contributed by atoms with Crippen molar-refractivity contribution in [3.05, 3.63) is 28.8 Å². The number of carbonyl (C=O) groups excluding carboxylic acids is 1. The molecular formula is C12H10BrF2NO3. The summed E-state index contributed by atoms with van der Waals surface area (Å²) in [6, 6.07) is 4.13. The standard InChI is InChI=1S/C12H10BrF2NO3/c1-2-18-11(17)9-4-8(19-12(14)15)3-7(6-16)10(9)5-13/h3-4,12H,2,5H2,1H3. The number of nitriles is 1. The van der Waals surface area contributed by atoms with E-state index in [1.54, 1.807) is 6.92 Å². The van der Waals surface area contributed by atoms with Crippen molar-refractivity contribution in [2.75, 3.05) is 6.61 Å². The van der Waals surface area contributed by atoms with Crippen LogP contribution in [-0.4, -0.2) is 19.2 Å². The number of rotatable bonds is 5. The van der Waals surface area contributed by atoms with Crippen LogP contribution >= 0.6 is 15.9 Å². The van der Waals surface area contributed by atoms with E-state index in [0.29, 0.717) is 5.56 Å². The summed E-state index contributed by atoms with van der Waals surface area (Å²) in [6.45, 7) is -1.27. The lowest BCUT2D eigenvalue weighted by Gasteiger charge is -2.12. The monoisotopic (exact) mass is 333 g/mol. The molecule has 102 valence electrons. The molecule has 0 heterocycles. The van der Waals surface area contributed by atoms with Gasteiger partial charge in [-0.15, -0.1) is 0 Å². The molecule has 1 aromatic rings. The lowest BCUT2D eigenvalue weighted by atomic mass is 10.0. The van der Waals surface area contributed by atoms with E-state index in [0.717, 1.165) is 12.1 Å². The second kappa shape index (κ2) is 7.04. The third kappa shape index (κ3) is 3.89. The summed E-state index contributed by atoms with van der Waals surface area (Å²) in [7, 11) is 0. The van der Waals surface area contributed by atoms with E-state index in [4.69, 9.17) is 10.00 Å². The van der Waals surface area contributed by atoms with Crippen LogP contribution in [0.2, 0.25) is 0 Å². The van der Waals surface area contributed by atoms with E-state index in [-0.39, 0.29) is 28.8 Å². The first-order valence-electron chi connectivity index (χ1n) is 5.28. The minimum Gasteiger partial charge on any atom is -0.462 e. The van der Waals surface area contributed by atoms with Crippen LogP contribution in [0.1, 0.15) is 28.4 Å². The van der Waals surface area contributed by atoms with E-state index in [1.165, 1.54) is 0 Å². The van der Waals surface area contributed by atoms with Gasteiger partial charge in [-0.3, -0.25) is 0 Å². The van der Waals surface area contributed by atoms with E-state index in [9.17, 15) is 13.6 Å². The molecular weight excluding hydrogens is 324 g/mol. The van der Waals surface area contributed by atoms with Crippen molar-refractivity contribution in [2.45, 2.75) is 18.9 Å². The first kappa shape index (κ1) is 15.4. The second-order valence-corrected chi connectivity index (χ2v) is 3.90. The van der Waals surface area contributed by atoms with Crippen molar-refractivity contribution in [1.29, 1.82) is 5.26 Å². The van der Waals surface area contributed by atoms with Crippen molar-refractivity contribution in [3.63, 3.8) is 0 Å². The highest BCUT2D eigenvalue weighted by atomic mass is 79.9. The number of nitrogens with zero attached hydrogens (tertiary/aromatic N) is 1. The number of esters is 1. The quantitative estimate of drug-likeness (QED) is 0.613. The normalized spacial score (nSPS) is 10.1. The Labute approximate surface area is 117 Å². The van der Waals surface area contributed by atoms with Crippen LogP contribution in [-0.2, 0) is 10.1 Å². The van der Waals surface area contributed by atoms with Crippen molar-refractivity contribution in [1.82, 2.24) is 0 Å². The number of hydrogen-bond acceptors (Lipinski definition) is 4. The van der Waals surface area contributed by atoms with Crippen LogP contribution in [0.15, 0.2) is 12.1 Å². The Morgan fingerprint density at radius 3 is 2.68 bits per heavy atom. The van der Waals surface area contributed by atoms with Gasteiger partial charge in [0.25, 0.3) is 0 Å². The van der Waals surface area contributed by atoms with Crippen molar-refractivity contribution >= 4 is 21.9 Å². The minimum absolute atomic E-state index is 0.0356. The summed E-state index contributed by atoms with van der Waals surface area (Å²) in [5, 5.41) is 9.20. The zero-order valence-electron chi connectivity index (χ0n) is 9.95. The van der Waals surface area contributed by atoms with E-state index >= 15 is 0 Å². The number of hydrogen-bond donors (Lipinski definition) is 0. The largest absolute Gasteiger partial charge is 0.462 e. The Kier molecular flexibility index (Phi) is 5.70. The van der Waals surface area contributed by atoms with Gasteiger partial charge < -0.3 is 9.47 Å². The second-order valence-electron chi connectivity index (χ2n) is 3.34. The van der Waals surface area contributed by atoms with Gasteiger partial charge >= 0.3 is 12.6 Å². The van der Waals surface area contributed by atoms with Crippen molar-refractivity contribution in [2.24, 2.45) is 0 Å². The van der Waals surface area contributed by atoms with Gasteiger partial charge in [0.1, 0.15) is 5.75 Å². The average Bonchev–Trinajstić information content (AvgIpc) is 2.37. The van der Waals surface area contributed by atoms with Gasteiger partial charge in [-0.2, -0.15) is 14.0 Å². The average molecular weight is 334 g/mol. The molecule has 0 saturated carbocycles. The molecule has 0 aliphatic heterocycles. The van der Waals surface area contributed by atoms with Gasteiger partial charge in [0.05, 0.1) is 23.8 Å². The summed E-state index contributed by atoms with van der Waals surface area (Å²) >= 11 is 3.15. The molecule has 0 radical (unpaired) electrons. The number of alkyl halides is 3. The molecule has 7 heteroatoms. The van der Waals surface area contributed by atoms with Crippen LogP contribution < -0.4 is 4.74 Å². The number of carbonyl (C=O) groups is 1. The molecule has 0 aliphatic carbocycles. The zero-order valence-corrected chi connectivity index (χ0v) is 11.5. The van der Waals surface area contributed by atoms with Gasteiger partial charge in [-0.05, 0) is 24.6 Å². The van der Waals surface area contributed by atoms with E-state index in [2.05, 4.69) is 20.7 Å². The molecule has 4 nitrogen and oxygen atoms in total. The molecule has 0 aliphatic rings. The highest BCUT2D eigenvalue weighted by molar-refractivity contribution is 9.08. The van der Waals surface area contributed by atoms with Gasteiger partial charge in [0.15, 0.2) is 0 Å². The predicted octanol–water partition coefficient (Wildman–Crippen LogP) is 3.23. The summed E-state index contributed by atoms with van der Waals surface area (Å²) in [5.74, 6) is -0.938. The van der Waals surface area contributed by atoms with Crippen molar-refractivity contribution in [3.8, 4) is 11.8 Å². The van der Waals surface area contributed by atoms with Crippen LogP contribution in [0.3, 0.4) is 0 Å². The Hall–Kier alpha value is -1.68. The molecule has 0 unspecified atom stereocenters. The van der Waals surface area contributed by atoms with Crippen LogP contribution in [0.4, 0.5) is 8.78 Å². The lowest BCUT2D eigenvalue weighted by molar-refractivity contribution is -0.0499. The molecule has 19 heavy (non-hydrogen) atoms. The van der Waals surface area contributed by atoms with E-state index < -0.39 is 12.6 Å². The van der Waals surface area contributed by atoms with Crippen LogP contribution in [0, 0.1) is 11.3 Å². The Morgan fingerprint density at radius 2 is 2.21 bits per heavy atom. The first-order valence-corrected chi connectivity index (χ1v) is 6.40. The summed E-state index contributed by atoms with van der Waals surface area (Å²) in [6.07, 6.45) is 0. The summed E-state index contributed by atoms with van der Waals surface area (Å²) in [4.78, 5) is 11.7. The van der Waals surface area contributed by atoms with Crippen LogP contribution in [0.25, 0.3) is 0 Å². The molecule has 1 aromatic carbocycles. The fraction of sp³-hybridized carbons (Fsp3) is 0.333. The van der Waals surface area contributed by atoms with Crippen molar-refractivity contribution < 1.29 is 23.0 Å². The van der Waals surface area contributed by atoms with Gasteiger partial charge in [0, 0.05) is 5.33 Å². The fourth-order valence-electron chi connectivity index (χ4n) is 1.45. The molecule has 0 fully saturated rings. The smallest absolute Gasteiger partial charge is 0.387 e. The molecule has 0 atom stereocenters. The zero-order chi connectivity index (χ0) is 14.4. The molecule has 0 saturated heterocycles. The third-order valence-corrected chi connectivity index (χ3v) is 2.76. The maximum Gasteiger partial charge on any atom is 0.387 e. The summed E-state index contributed by atoms with van der Waals surface area (Å²) < 4.78 is 33.4. The van der Waals surface area contributed by atoms with Gasteiger partial charge in [-0.1, -0.05) is 15.9 Å². The molecule has 0 N–H and O–H groups in total. The minimum atomic E-state index is -3.03. The molecule has 1 rings (SSSR count). The molecule has 0 aromatic heterocycles. The van der Waals surface area contributed by atoms with Crippen LogP contribution in [0.5, 0.6) is 5.75 Å². The maximum absolute atomic E-state index is 12.2. The van der Waals surface area contributed by atoms with Gasteiger partial charge in [-0.25, -0.2) is 4.79 Å². The predicted molar refractivity (Wildman–Crippen MR) is 66.4 cm³/mol. The summed E-state index contributed by atoms with van der Waals surface area (Å²) in [5.41, 5.74) is 0.495. The Balaban J connectivity index is 3.32. The molecule has 0 spiro atoms. The SMILES string of the molecule is CCOC(=O)c1cc(OC(F)F)cc(C#N)c1CBr. The topological polar surface area (TPSA) is 59.3 Å². The Bertz CT molecular complexity index is 514. The highest BCUT2D eigenvalue weighted by Crippen LogP contribution is 2.26. The lowest BCUT2D eigenvalue weighted by Crippen LogP contribution is -2.11. The Morgan fingerprint density at radius 1 is 1.53 bits per heavy atom. The highest BCUT2D eigenvalue weighted by Gasteiger charge is 2.19. The van der Waals surface area contributed by atoms with Gasteiger partial charge in [0.2, 0.25) is 0 Å². The number of benzene rings is 1. The first-order chi connectivity index (χ1) is 9.03. The van der Waals surface area contributed by atoms with E-state index in [1.807, 2.05) is 6.07 Å². The number of ether oxygens (including phenoxy) is 2. The fourth-order valence-corrected chi connectivity index (χ4v) is 2.06. The maximum atomic E-state index is 12.2.